The van der Waals surface area contributed by atoms with Gasteiger partial charge in [0, 0.05) is 42.5 Å². The first-order valence-electron chi connectivity index (χ1n) is 9.45. The number of nitrogen functional groups attached to an aromatic ring is 1. The summed E-state index contributed by atoms with van der Waals surface area (Å²) in [6.07, 6.45) is 4.51. The summed E-state index contributed by atoms with van der Waals surface area (Å²) in [4.78, 5) is 24.7. The number of urea groups is 1. The minimum Gasteiger partial charge on any atom is -0.384 e. The van der Waals surface area contributed by atoms with Gasteiger partial charge in [0.25, 0.3) is 0 Å². The molecule has 31 heavy (non-hydrogen) atoms. The molecule has 0 saturated carbocycles. The molecule has 2 aromatic heterocycles. The number of nitrogens with one attached hydrogen (secondary N) is 2. The summed E-state index contributed by atoms with van der Waals surface area (Å²) in [5.74, 6) is 0.480. The standard InChI is InChI=1S/C21H24N6O3S/c1-21(2,31(3,29)30)17-11-18(22)27-19(26-17)15-6-8-16(9-7-15)25-20(28)24-13-14-5-4-10-23-12-14/h4-12H,13H2,1-3H3,(H2,22,26,27)(H2,24,25,28). The van der Waals surface area contributed by atoms with Crippen LogP contribution in [0.25, 0.3) is 11.4 Å². The van der Waals surface area contributed by atoms with E-state index in [1.54, 1.807) is 56.6 Å². The lowest BCUT2D eigenvalue weighted by molar-refractivity contribution is 0.251. The molecule has 2 heterocycles. The number of carbonyl (C=O) groups excluding carboxylic acids is 1. The Kier molecular flexibility index (Phi) is 6.21. The highest BCUT2D eigenvalue weighted by Crippen LogP contribution is 2.30. The number of nitrogens with two attached hydrogens (primary N) is 1. The molecule has 0 radical (unpaired) electrons. The highest BCUT2D eigenvalue weighted by Gasteiger charge is 2.34. The third kappa shape index (κ3) is 5.34. The Balaban J connectivity index is 1.73. The van der Waals surface area contributed by atoms with Crippen molar-refractivity contribution in [1.82, 2.24) is 20.3 Å². The topological polar surface area (TPSA) is 140 Å². The van der Waals surface area contributed by atoms with Crippen LogP contribution in [0.5, 0.6) is 0 Å². The molecule has 3 aromatic rings. The van der Waals surface area contributed by atoms with Gasteiger partial charge in [-0.05, 0) is 49.7 Å². The third-order valence-corrected chi connectivity index (χ3v) is 6.93. The van der Waals surface area contributed by atoms with Crippen molar-refractivity contribution in [3.8, 4) is 11.4 Å². The zero-order chi connectivity index (χ0) is 22.6. The lowest BCUT2D eigenvalue weighted by atomic mass is 10.1. The molecule has 0 aliphatic carbocycles. The van der Waals surface area contributed by atoms with E-state index in [1.165, 1.54) is 6.07 Å². The van der Waals surface area contributed by atoms with Crippen LogP contribution in [0.1, 0.15) is 25.1 Å². The highest BCUT2D eigenvalue weighted by molar-refractivity contribution is 7.91. The van der Waals surface area contributed by atoms with Crippen LogP contribution in [0, 0.1) is 0 Å². The molecule has 0 atom stereocenters. The van der Waals surface area contributed by atoms with Crippen molar-refractivity contribution in [2.75, 3.05) is 17.3 Å². The van der Waals surface area contributed by atoms with Gasteiger partial charge in [0.1, 0.15) is 10.6 Å². The Bertz CT molecular complexity index is 1180. The number of sulfone groups is 1. The molecule has 0 bridgehead atoms. The maximum absolute atomic E-state index is 12.2. The smallest absolute Gasteiger partial charge is 0.319 e. The van der Waals surface area contributed by atoms with Gasteiger partial charge in [0.2, 0.25) is 0 Å². The van der Waals surface area contributed by atoms with Crippen LogP contribution in [0.2, 0.25) is 0 Å². The Morgan fingerprint density at radius 3 is 2.45 bits per heavy atom. The average molecular weight is 441 g/mol. The van der Waals surface area contributed by atoms with Gasteiger partial charge in [-0.1, -0.05) is 6.07 Å². The number of amides is 2. The largest absolute Gasteiger partial charge is 0.384 e. The second-order valence-electron chi connectivity index (χ2n) is 7.53. The number of benzene rings is 1. The molecule has 10 heteroatoms. The fourth-order valence-corrected chi connectivity index (χ4v) is 3.14. The first-order chi connectivity index (χ1) is 14.6. The normalized spacial score (nSPS) is 11.7. The molecular weight excluding hydrogens is 416 g/mol. The Hall–Kier alpha value is -3.53. The fourth-order valence-electron chi connectivity index (χ4n) is 2.66. The minimum absolute atomic E-state index is 0.175. The minimum atomic E-state index is -3.42. The third-order valence-electron chi connectivity index (χ3n) is 4.87. The number of anilines is 2. The molecule has 0 unspecified atom stereocenters. The van der Waals surface area contributed by atoms with E-state index in [2.05, 4.69) is 25.6 Å². The van der Waals surface area contributed by atoms with E-state index in [1.807, 2.05) is 6.07 Å². The summed E-state index contributed by atoms with van der Waals surface area (Å²) >= 11 is 0. The van der Waals surface area contributed by atoms with Crippen LogP contribution in [-0.2, 0) is 21.1 Å². The monoisotopic (exact) mass is 440 g/mol. The Morgan fingerprint density at radius 2 is 1.84 bits per heavy atom. The highest BCUT2D eigenvalue weighted by atomic mass is 32.2. The van der Waals surface area contributed by atoms with E-state index >= 15 is 0 Å². The van der Waals surface area contributed by atoms with E-state index in [-0.39, 0.29) is 11.8 Å². The summed E-state index contributed by atoms with van der Waals surface area (Å²) < 4.78 is 23.1. The number of aromatic nitrogens is 3. The molecule has 3 rings (SSSR count). The maximum Gasteiger partial charge on any atom is 0.319 e. The van der Waals surface area contributed by atoms with Gasteiger partial charge in [-0.2, -0.15) is 0 Å². The molecule has 162 valence electrons. The van der Waals surface area contributed by atoms with Crippen LogP contribution in [0.4, 0.5) is 16.3 Å². The SMILES string of the molecule is CC(C)(c1cc(N)nc(-c2ccc(NC(=O)NCc3cccnc3)cc2)n1)S(C)(=O)=O. The van der Waals surface area contributed by atoms with Crippen molar-refractivity contribution < 1.29 is 13.2 Å². The molecular formula is C21H24N6O3S. The lowest BCUT2D eigenvalue weighted by Gasteiger charge is -2.22. The van der Waals surface area contributed by atoms with Crippen LogP contribution in [-0.4, -0.2) is 35.7 Å². The first kappa shape index (κ1) is 22.2. The van der Waals surface area contributed by atoms with Crippen molar-refractivity contribution in [2.45, 2.75) is 25.1 Å². The predicted octanol–water partition coefficient (Wildman–Crippen LogP) is 2.72. The molecule has 0 spiro atoms. The number of hydrogen-bond donors (Lipinski definition) is 3. The van der Waals surface area contributed by atoms with Crippen molar-refractivity contribution in [3.05, 3.63) is 66.1 Å². The van der Waals surface area contributed by atoms with Crippen LogP contribution in [0.15, 0.2) is 54.9 Å². The van der Waals surface area contributed by atoms with E-state index in [0.717, 1.165) is 11.8 Å². The van der Waals surface area contributed by atoms with E-state index in [4.69, 9.17) is 5.73 Å². The molecule has 0 aliphatic rings. The van der Waals surface area contributed by atoms with E-state index in [9.17, 15) is 13.2 Å². The van der Waals surface area contributed by atoms with Gasteiger partial charge in [0.05, 0.1) is 5.69 Å². The zero-order valence-electron chi connectivity index (χ0n) is 17.5. The van der Waals surface area contributed by atoms with Gasteiger partial charge < -0.3 is 16.4 Å². The number of hydrogen-bond acceptors (Lipinski definition) is 7. The molecule has 9 nitrogen and oxygen atoms in total. The van der Waals surface area contributed by atoms with Crippen molar-refractivity contribution in [2.24, 2.45) is 0 Å². The van der Waals surface area contributed by atoms with Gasteiger partial charge in [-0.3, -0.25) is 4.98 Å². The number of pyridine rings is 1. The van der Waals surface area contributed by atoms with Crippen molar-refractivity contribution >= 4 is 27.4 Å². The number of carbonyl (C=O) groups is 1. The summed E-state index contributed by atoms with van der Waals surface area (Å²) in [7, 11) is -3.42. The quantitative estimate of drug-likeness (QED) is 0.535. The molecule has 0 aliphatic heterocycles. The van der Waals surface area contributed by atoms with Crippen LogP contribution >= 0.6 is 0 Å². The van der Waals surface area contributed by atoms with Crippen molar-refractivity contribution in [1.29, 1.82) is 0 Å². The summed E-state index contributed by atoms with van der Waals surface area (Å²) in [6.45, 7) is 3.50. The molecule has 2 amide bonds. The molecule has 1 aromatic carbocycles. The fraction of sp³-hybridized carbons (Fsp3) is 0.238. The molecule has 4 N–H and O–H groups in total. The molecule has 0 fully saturated rings. The first-order valence-corrected chi connectivity index (χ1v) is 11.3. The lowest BCUT2D eigenvalue weighted by Crippen LogP contribution is -2.29. The summed E-state index contributed by atoms with van der Waals surface area (Å²) in [5, 5.41) is 5.49. The Labute approximate surface area is 181 Å². The number of nitrogens with zero attached hydrogens (tertiary/aromatic N) is 3. The maximum atomic E-state index is 12.2. The second-order valence-corrected chi connectivity index (χ2v) is 10.1. The predicted molar refractivity (Wildman–Crippen MR) is 120 cm³/mol. The second kappa shape index (κ2) is 8.68. The van der Waals surface area contributed by atoms with Gasteiger partial charge in [-0.25, -0.2) is 23.2 Å². The zero-order valence-corrected chi connectivity index (χ0v) is 18.3. The molecule has 0 saturated heterocycles. The average Bonchev–Trinajstić information content (AvgIpc) is 2.72. The van der Waals surface area contributed by atoms with Gasteiger partial charge >= 0.3 is 6.03 Å². The van der Waals surface area contributed by atoms with Crippen LogP contribution < -0.4 is 16.4 Å². The Morgan fingerprint density at radius 1 is 1.13 bits per heavy atom. The summed E-state index contributed by atoms with van der Waals surface area (Å²) in [6, 6.07) is 11.6. The van der Waals surface area contributed by atoms with Crippen molar-refractivity contribution in [3.63, 3.8) is 0 Å². The van der Waals surface area contributed by atoms with Crippen LogP contribution in [0.3, 0.4) is 0 Å². The van der Waals surface area contributed by atoms with Gasteiger partial charge in [0.15, 0.2) is 15.7 Å². The van der Waals surface area contributed by atoms with E-state index in [0.29, 0.717) is 29.3 Å². The number of rotatable bonds is 6. The summed E-state index contributed by atoms with van der Waals surface area (Å²) in [5.41, 5.74) is 8.32. The van der Waals surface area contributed by atoms with Gasteiger partial charge in [-0.15, -0.1) is 0 Å². The van der Waals surface area contributed by atoms with E-state index < -0.39 is 14.6 Å².